The fourth-order valence-electron chi connectivity index (χ4n) is 6.73. The summed E-state index contributed by atoms with van der Waals surface area (Å²) in [6.45, 7) is 1.58. The maximum absolute atomic E-state index is 13.8. The molecule has 2 aromatic heterocycles. The Kier molecular flexibility index (Phi) is 11.3. The van der Waals surface area contributed by atoms with Gasteiger partial charge in [-0.2, -0.15) is 13.2 Å². The molecule has 56 heavy (non-hydrogen) atoms. The quantitative estimate of drug-likeness (QED) is 0.123. The fraction of sp³-hybridized carbons (Fsp3) is 0.250. The number of halogens is 3. The molecule has 0 spiro atoms. The van der Waals surface area contributed by atoms with Crippen LogP contribution in [0.5, 0.6) is 5.75 Å². The fourth-order valence-corrected chi connectivity index (χ4v) is 7.28. The van der Waals surface area contributed by atoms with Gasteiger partial charge in [-0.1, -0.05) is 90.5 Å². The number of methoxy groups -OCH3 is 2. The zero-order valence-electron chi connectivity index (χ0n) is 30.3. The van der Waals surface area contributed by atoms with Crippen molar-refractivity contribution in [3.05, 3.63) is 150 Å². The predicted octanol–water partition coefficient (Wildman–Crippen LogP) is 6.89. The molecule has 12 nitrogen and oxygen atoms in total. The number of benzene rings is 4. The van der Waals surface area contributed by atoms with Crippen LogP contribution >= 0.6 is 0 Å². The lowest BCUT2D eigenvalue weighted by molar-refractivity contribution is -0.0947. The summed E-state index contributed by atoms with van der Waals surface area (Å²) in [5.41, 5.74) is -2.70. The highest BCUT2D eigenvalue weighted by molar-refractivity contribution is 7.81. The average Bonchev–Trinajstić information content (AvgIpc) is 3.80. The van der Waals surface area contributed by atoms with E-state index in [1.54, 1.807) is 49.6 Å². The number of aryl methyl sites for hydroxylation is 1. The minimum atomic E-state index is -5.21. The zero-order chi connectivity index (χ0) is 39.5. The number of alkyl halides is 3. The molecular formula is C40H36F3N5O7S. The van der Waals surface area contributed by atoms with Gasteiger partial charge in [0.25, 0.3) is 17.0 Å². The van der Waals surface area contributed by atoms with Gasteiger partial charge in [0.15, 0.2) is 23.2 Å². The number of nitrogens with zero attached hydrogens (tertiary/aromatic N) is 4. The largest absolute Gasteiger partial charge is 0.497 e. The Labute approximate surface area is 322 Å². The third-order valence-corrected chi connectivity index (χ3v) is 10.2. The van der Waals surface area contributed by atoms with Crippen LogP contribution in [0.3, 0.4) is 0 Å². The van der Waals surface area contributed by atoms with E-state index in [0.29, 0.717) is 22.4 Å². The van der Waals surface area contributed by atoms with E-state index < -0.39 is 52.6 Å². The molecule has 3 heterocycles. The molecule has 4 aromatic carbocycles. The highest BCUT2D eigenvalue weighted by atomic mass is 32.2. The van der Waals surface area contributed by atoms with Crippen molar-refractivity contribution in [2.45, 2.75) is 42.6 Å². The summed E-state index contributed by atoms with van der Waals surface area (Å²) >= 11 is -3.75. The van der Waals surface area contributed by atoms with Crippen molar-refractivity contribution in [1.29, 1.82) is 0 Å². The van der Waals surface area contributed by atoms with E-state index in [2.05, 4.69) is 20.3 Å². The maximum atomic E-state index is 13.8. The van der Waals surface area contributed by atoms with Crippen LogP contribution in [0.4, 0.5) is 19.0 Å². The van der Waals surface area contributed by atoms with Gasteiger partial charge in [0.2, 0.25) is 0 Å². The number of hydrogen-bond acceptors (Lipinski definition) is 10. The summed E-state index contributed by atoms with van der Waals surface area (Å²) in [5.74, 6) is 0.247. The van der Waals surface area contributed by atoms with Gasteiger partial charge in [-0.05, 0) is 47.9 Å². The highest BCUT2D eigenvalue weighted by Crippen LogP contribution is 2.44. The molecule has 16 heteroatoms. The van der Waals surface area contributed by atoms with E-state index in [9.17, 15) is 22.2 Å². The third kappa shape index (κ3) is 7.66. The Morgan fingerprint density at radius 1 is 0.839 bits per heavy atom. The molecule has 1 amide bonds. The van der Waals surface area contributed by atoms with Gasteiger partial charge in [-0.25, -0.2) is 19.2 Å². The van der Waals surface area contributed by atoms with Gasteiger partial charge < -0.3 is 24.3 Å². The highest BCUT2D eigenvalue weighted by Gasteiger charge is 2.53. The van der Waals surface area contributed by atoms with Gasteiger partial charge in [0, 0.05) is 12.7 Å². The molecule has 0 saturated carbocycles. The molecule has 6 aromatic rings. The van der Waals surface area contributed by atoms with Crippen LogP contribution in [-0.2, 0) is 35.1 Å². The number of anilines is 1. The first-order valence-electron chi connectivity index (χ1n) is 17.3. The van der Waals surface area contributed by atoms with E-state index in [4.69, 9.17) is 23.1 Å². The second kappa shape index (κ2) is 16.3. The van der Waals surface area contributed by atoms with E-state index >= 15 is 0 Å². The second-order valence-electron chi connectivity index (χ2n) is 12.8. The molecule has 1 saturated heterocycles. The van der Waals surface area contributed by atoms with Crippen molar-refractivity contribution < 1.29 is 45.3 Å². The Balaban J connectivity index is 1.29. The molecule has 1 fully saturated rings. The van der Waals surface area contributed by atoms with Crippen molar-refractivity contribution in [3.8, 4) is 5.75 Å². The molecule has 1 N–H and O–H groups in total. The first-order valence-corrected chi connectivity index (χ1v) is 18.4. The number of carbonyl (C=O) groups is 1. The molecule has 3 unspecified atom stereocenters. The molecule has 7 rings (SSSR count). The van der Waals surface area contributed by atoms with Gasteiger partial charge in [0.1, 0.15) is 36.0 Å². The molecule has 1 aliphatic rings. The second-order valence-corrected chi connectivity index (χ2v) is 14.0. The summed E-state index contributed by atoms with van der Waals surface area (Å²) in [7, 11) is 2.83. The summed E-state index contributed by atoms with van der Waals surface area (Å²) in [5, 5.41) is 2.73. The lowest BCUT2D eigenvalue weighted by Crippen LogP contribution is -2.42. The molecule has 1 aliphatic heterocycles. The first kappa shape index (κ1) is 38.7. The zero-order valence-corrected chi connectivity index (χ0v) is 31.1. The third-order valence-electron chi connectivity index (χ3n) is 9.45. The molecule has 6 atom stereocenters. The Morgan fingerprint density at radius 2 is 1.46 bits per heavy atom. The van der Waals surface area contributed by atoms with Crippen molar-refractivity contribution in [2.24, 2.45) is 0 Å². The molecule has 290 valence electrons. The smallest absolute Gasteiger partial charge is 0.497 e. The van der Waals surface area contributed by atoms with Crippen LogP contribution in [0.2, 0.25) is 0 Å². The number of amides is 1. The van der Waals surface area contributed by atoms with Gasteiger partial charge in [0.05, 0.1) is 20.0 Å². The van der Waals surface area contributed by atoms with Crippen LogP contribution in [0, 0.1) is 6.92 Å². The van der Waals surface area contributed by atoms with Crippen LogP contribution in [0.25, 0.3) is 11.2 Å². The number of aromatic nitrogens is 4. The topological polar surface area (TPSA) is 136 Å². The molecule has 0 aliphatic carbocycles. The number of nitrogens with one attached hydrogen (secondary N) is 1. The number of hydrogen-bond donors (Lipinski definition) is 1. The summed E-state index contributed by atoms with van der Waals surface area (Å²) < 4.78 is 85.4. The van der Waals surface area contributed by atoms with E-state index in [1.165, 1.54) is 24.3 Å². The summed E-state index contributed by atoms with van der Waals surface area (Å²) in [4.78, 5) is 26.0. The van der Waals surface area contributed by atoms with Gasteiger partial charge >= 0.3 is 5.51 Å². The lowest BCUT2D eigenvalue weighted by Gasteiger charge is -2.37. The number of ether oxygens (including phenoxy) is 4. The standard InChI is InChI=1S/C40H36F3N5O7S/c1-25-14-16-28(17-15-25)39(27-12-8-5-9-13-27,29-18-20-30(51-2)21-19-29)53-22-31-33(55-56(50)40(41,42)43)34(52-3)38(54-31)48-24-46-32-35(44-23-45-36(32)48)47-37(49)26-10-6-4-7-11-26/h4-21,23-24,31,33-34,38H,22H2,1-3H3,(H,44,45,47,49)/t31-,33?,34-,38-,39?,56?/m1/s1. The van der Waals surface area contributed by atoms with Gasteiger partial charge in [-0.3, -0.25) is 13.5 Å². The van der Waals surface area contributed by atoms with Crippen molar-refractivity contribution in [3.63, 3.8) is 0 Å². The molecular weight excluding hydrogens is 752 g/mol. The molecule has 0 radical (unpaired) electrons. The maximum Gasteiger partial charge on any atom is 0.497 e. The summed E-state index contributed by atoms with van der Waals surface area (Å²) in [6, 6.07) is 32.8. The van der Waals surface area contributed by atoms with Crippen molar-refractivity contribution in [2.75, 3.05) is 26.1 Å². The van der Waals surface area contributed by atoms with Gasteiger partial charge in [-0.15, -0.1) is 0 Å². The van der Waals surface area contributed by atoms with Crippen LogP contribution in [0.1, 0.15) is 38.8 Å². The van der Waals surface area contributed by atoms with Crippen LogP contribution in [0.15, 0.2) is 122 Å². The Morgan fingerprint density at radius 3 is 2.09 bits per heavy atom. The minimum absolute atomic E-state index is 0.0886. The number of imidazole rings is 1. The SMILES string of the molecule is COc1ccc(C(OC[C@H]2O[C@@H](n3cnc4c(NC(=O)c5ccccc5)ncnc43)[C@H](OC)C2OS(=O)C(F)(F)F)(c2ccccc2)c2ccc(C)cc2)cc1. The predicted molar refractivity (Wildman–Crippen MR) is 200 cm³/mol. The Bertz CT molecular complexity index is 2300. The normalized spacial score (nSPS) is 20.0. The summed E-state index contributed by atoms with van der Waals surface area (Å²) in [6.07, 6.45) is -2.82. The number of carbonyl (C=O) groups excluding carboxylic acids is 1. The monoisotopic (exact) mass is 787 g/mol. The van der Waals surface area contributed by atoms with E-state index in [1.807, 2.05) is 73.7 Å². The molecule has 0 bridgehead atoms. The number of fused-ring (bicyclic) bond motifs is 1. The average molecular weight is 788 g/mol. The first-order chi connectivity index (χ1) is 27.0. The Hall–Kier alpha value is -5.52. The van der Waals surface area contributed by atoms with Crippen molar-refractivity contribution >= 4 is 34.0 Å². The van der Waals surface area contributed by atoms with Crippen LogP contribution in [-0.4, -0.2) is 74.3 Å². The van der Waals surface area contributed by atoms with E-state index in [0.717, 1.165) is 11.1 Å². The van der Waals surface area contributed by atoms with Crippen LogP contribution < -0.4 is 10.1 Å². The lowest BCUT2D eigenvalue weighted by atomic mass is 9.79. The van der Waals surface area contributed by atoms with E-state index in [-0.39, 0.29) is 23.6 Å². The number of rotatable bonds is 13. The minimum Gasteiger partial charge on any atom is -0.497 e. The van der Waals surface area contributed by atoms with Crippen molar-refractivity contribution in [1.82, 2.24) is 19.5 Å².